The number of hydrogen-bond acceptors (Lipinski definition) is 5. The highest BCUT2D eigenvalue weighted by Crippen LogP contribution is 2.40. The molecule has 1 aliphatic rings. The smallest absolute Gasteiger partial charge is 0.349 e. The lowest BCUT2D eigenvalue weighted by Crippen LogP contribution is -2.46. The minimum Gasteiger partial charge on any atom is -0.349 e. The van der Waals surface area contributed by atoms with Crippen molar-refractivity contribution >= 4 is 0 Å². The number of aromatic amines is 2. The molecule has 3 atom stereocenters. The second-order valence-electron chi connectivity index (χ2n) is 10.0. The highest BCUT2D eigenvalue weighted by atomic mass is 19.4. The van der Waals surface area contributed by atoms with Crippen molar-refractivity contribution in [2.45, 2.75) is 44.3 Å². The van der Waals surface area contributed by atoms with E-state index in [1.54, 1.807) is 36.4 Å². The molecule has 1 fully saturated rings. The number of rotatable bonds is 7. The second-order valence-corrected chi connectivity index (χ2v) is 10.0. The number of nitrogens with zero attached hydrogens (tertiary/aromatic N) is 2. The van der Waals surface area contributed by atoms with Gasteiger partial charge in [-0.25, -0.2) is 14.3 Å². The van der Waals surface area contributed by atoms with Crippen molar-refractivity contribution in [1.82, 2.24) is 20.1 Å². The molecule has 1 aromatic heterocycles. The Labute approximate surface area is 240 Å². The molecule has 1 aliphatic heterocycles. The third kappa shape index (κ3) is 7.14. The summed E-state index contributed by atoms with van der Waals surface area (Å²) in [6.07, 6.45) is -12.4. The molecule has 0 aliphatic carbocycles. The summed E-state index contributed by atoms with van der Waals surface area (Å²) in [6, 6.07) is 13.5. The molecule has 228 valence electrons. The van der Waals surface area contributed by atoms with Gasteiger partial charge in [0.25, 0.3) is 0 Å². The van der Waals surface area contributed by atoms with Gasteiger partial charge in [-0.15, -0.1) is 0 Å². The molecule has 3 aromatic carbocycles. The molecule has 0 spiro atoms. The Hall–Kier alpha value is -4.01. The summed E-state index contributed by atoms with van der Waals surface area (Å²) in [6.45, 7) is 1.89. The van der Waals surface area contributed by atoms with Crippen molar-refractivity contribution in [3.05, 3.63) is 111 Å². The fourth-order valence-electron chi connectivity index (χ4n) is 4.96. The standard InChI is InChI=1S/C29H25F7N4O3/c1-16(20-12-21(28(31,32)33)14-22(13-20)29(34,35)36)43-26-25(40(9-10-42-26)15-24-37-27(41)39-38-24)19-4-2-3-18(11-19)17-5-7-23(30)8-6-17/h2-8,11-14,16,25-26H,9-10,15H2,1H3,(H2,37,38,39,41). The van der Waals surface area contributed by atoms with Gasteiger partial charge in [0.05, 0.1) is 36.4 Å². The van der Waals surface area contributed by atoms with E-state index in [0.717, 1.165) is 5.56 Å². The number of hydrogen-bond donors (Lipinski definition) is 2. The van der Waals surface area contributed by atoms with Gasteiger partial charge in [-0.3, -0.25) is 9.88 Å². The molecule has 0 amide bonds. The van der Waals surface area contributed by atoms with Crippen molar-refractivity contribution in [2.75, 3.05) is 13.2 Å². The number of ether oxygens (including phenoxy) is 2. The number of aromatic nitrogens is 3. The van der Waals surface area contributed by atoms with Gasteiger partial charge in [0.2, 0.25) is 0 Å². The summed E-state index contributed by atoms with van der Waals surface area (Å²) in [5.74, 6) is -0.114. The summed E-state index contributed by atoms with van der Waals surface area (Å²) in [4.78, 5) is 16.1. The number of nitrogens with one attached hydrogen (secondary N) is 2. The van der Waals surface area contributed by atoms with Crippen LogP contribution in [0.5, 0.6) is 0 Å². The monoisotopic (exact) mass is 610 g/mol. The van der Waals surface area contributed by atoms with Gasteiger partial charge in [0, 0.05) is 6.54 Å². The van der Waals surface area contributed by atoms with Gasteiger partial charge in [0.15, 0.2) is 6.29 Å². The molecule has 1 saturated heterocycles. The molecular weight excluding hydrogens is 585 g/mol. The first-order valence-electron chi connectivity index (χ1n) is 13.1. The molecule has 14 heteroatoms. The zero-order valence-corrected chi connectivity index (χ0v) is 22.5. The summed E-state index contributed by atoms with van der Waals surface area (Å²) >= 11 is 0. The summed E-state index contributed by atoms with van der Waals surface area (Å²) < 4.78 is 107. The number of H-pyrrole nitrogens is 2. The Morgan fingerprint density at radius 3 is 2.26 bits per heavy atom. The van der Waals surface area contributed by atoms with E-state index >= 15 is 0 Å². The zero-order valence-electron chi connectivity index (χ0n) is 22.5. The fraction of sp³-hybridized carbons (Fsp3) is 0.310. The molecular formula is C29H25F7N4O3. The Bertz CT molecular complexity index is 1580. The van der Waals surface area contributed by atoms with Crippen molar-refractivity contribution < 1.29 is 40.2 Å². The van der Waals surface area contributed by atoms with Gasteiger partial charge in [0.1, 0.15) is 11.6 Å². The average molecular weight is 611 g/mol. The SMILES string of the molecule is CC(OC1OCCN(Cc2n[nH]c(=O)[nH]2)C1c1cccc(-c2ccc(F)cc2)c1)c1cc(C(F)(F)F)cc(C(F)(F)F)c1. The molecule has 43 heavy (non-hydrogen) atoms. The highest BCUT2D eigenvalue weighted by molar-refractivity contribution is 5.64. The first-order chi connectivity index (χ1) is 20.3. The van der Waals surface area contributed by atoms with E-state index in [0.29, 0.717) is 35.6 Å². The van der Waals surface area contributed by atoms with Gasteiger partial charge in [-0.2, -0.15) is 31.4 Å². The molecule has 0 radical (unpaired) electrons. The van der Waals surface area contributed by atoms with Crippen LogP contribution in [0.4, 0.5) is 30.7 Å². The van der Waals surface area contributed by atoms with E-state index < -0.39 is 53.4 Å². The van der Waals surface area contributed by atoms with Crippen molar-refractivity contribution in [2.24, 2.45) is 0 Å². The highest BCUT2D eigenvalue weighted by Gasteiger charge is 2.39. The quantitative estimate of drug-likeness (QED) is 0.230. The van der Waals surface area contributed by atoms with Crippen molar-refractivity contribution in [1.29, 1.82) is 0 Å². The number of morpholine rings is 1. The first kappa shape index (κ1) is 30.4. The van der Waals surface area contributed by atoms with E-state index in [1.165, 1.54) is 19.1 Å². The van der Waals surface area contributed by atoms with Crippen LogP contribution in [0.15, 0.2) is 71.5 Å². The van der Waals surface area contributed by atoms with Crippen LogP contribution in [0.3, 0.4) is 0 Å². The van der Waals surface area contributed by atoms with Gasteiger partial charge >= 0.3 is 18.0 Å². The molecule has 3 unspecified atom stereocenters. The average Bonchev–Trinajstić information content (AvgIpc) is 3.36. The molecule has 5 rings (SSSR count). The minimum atomic E-state index is -5.02. The molecule has 0 saturated carbocycles. The number of benzene rings is 3. The predicted molar refractivity (Wildman–Crippen MR) is 140 cm³/mol. The maximum Gasteiger partial charge on any atom is 0.416 e. The van der Waals surface area contributed by atoms with Gasteiger partial charge in [-0.1, -0.05) is 30.3 Å². The lowest BCUT2D eigenvalue weighted by Gasteiger charge is -2.41. The van der Waals surface area contributed by atoms with Crippen molar-refractivity contribution in [3.63, 3.8) is 0 Å². The second kappa shape index (κ2) is 11.9. The van der Waals surface area contributed by atoms with E-state index in [1.807, 2.05) is 4.90 Å². The molecule has 4 aromatic rings. The minimum absolute atomic E-state index is 0.0590. The van der Waals surface area contributed by atoms with E-state index in [4.69, 9.17) is 9.47 Å². The van der Waals surface area contributed by atoms with Crippen LogP contribution in [-0.4, -0.2) is 39.5 Å². The Kier molecular flexibility index (Phi) is 8.45. The summed E-state index contributed by atoms with van der Waals surface area (Å²) in [5, 5.41) is 6.23. The molecule has 2 N–H and O–H groups in total. The fourth-order valence-corrected chi connectivity index (χ4v) is 4.96. The van der Waals surface area contributed by atoms with Crippen LogP contribution in [-0.2, 0) is 28.4 Å². The molecule has 0 bridgehead atoms. The number of halogens is 7. The number of alkyl halides is 6. The third-order valence-corrected chi connectivity index (χ3v) is 7.04. The van der Waals surface area contributed by atoms with E-state index in [9.17, 15) is 35.5 Å². The van der Waals surface area contributed by atoms with E-state index in [2.05, 4.69) is 15.2 Å². The van der Waals surface area contributed by atoms with Crippen molar-refractivity contribution in [3.8, 4) is 11.1 Å². The maximum absolute atomic E-state index is 13.5. The molecule has 2 heterocycles. The largest absolute Gasteiger partial charge is 0.416 e. The van der Waals surface area contributed by atoms with Crippen LogP contribution < -0.4 is 5.69 Å². The topological polar surface area (TPSA) is 83.2 Å². The van der Waals surface area contributed by atoms with Crippen LogP contribution >= 0.6 is 0 Å². The first-order valence-corrected chi connectivity index (χ1v) is 13.1. The summed E-state index contributed by atoms with van der Waals surface area (Å²) in [5.41, 5.74) is -1.71. The molecule has 7 nitrogen and oxygen atoms in total. The van der Waals surface area contributed by atoms with Gasteiger partial charge < -0.3 is 9.47 Å². The Morgan fingerprint density at radius 2 is 1.65 bits per heavy atom. The van der Waals surface area contributed by atoms with Gasteiger partial charge in [-0.05, 0) is 65.6 Å². The van der Waals surface area contributed by atoms with Crippen LogP contribution in [0, 0.1) is 5.82 Å². The maximum atomic E-state index is 13.5. The summed E-state index contributed by atoms with van der Waals surface area (Å²) in [7, 11) is 0. The Morgan fingerprint density at radius 1 is 0.977 bits per heavy atom. The Balaban J connectivity index is 1.51. The predicted octanol–water partition coefficient (Wildman–Crippen LogP) is 6.62. The zero-order chi connectivity index (χ0) is 30.9. The normalized spacial score (nSPS) is 19.0. The lowest BCUT2D eigenvalue weighted by molar-refractivity contribution is -0.231. The van der Waals surface area contributed by atoms with Crippen LogP contribution in [0.2, 0.25) is 0 Å². The van der Waals surface area contributed by atoms with E-state index in [-0.39, 0.29) is 24.8 Å². The third-order valence-electron chi connectivity index (χ3n) is 7.04. The van der Waals surface area contributed by atoms with Crippen LogP contribution in [0.1, 0.15) is 47.1 Å². The van der Waals surface area contributed by atoms with Crippen LogP contribution in [0.25, 0.3) is 11.1 Å². The lowest BCUT2D eigenvalue weighted by atomic mass is 9.97.